The highest BCUT2D eigenvalue weighted by molar-refractivity contribution is 9.15. The van der Waals surface area contributed by atoms with Gasteiger partial charge in [0.1, 0.15) is 23.0 Å². The Kier molecular flexibility index (Phi) is 17.1. The maximum Gasteiger partial charge on any atom is 0.410 e. The third-order valence-electron chi connectivity index (χ3n) is 12.8. The van der Waals surface area contributed by atoms with Gasteiger partial charge in [0.25, 0.3) is 0 Å². The molecule has 4 aromatic heterocycles. The summed E-state index contributed by atoms with van der Waals surface area (Å²) in [6.45, 7) is 16.4. The number of imidazole rings is 2. The van der Waals surface area contributed by atoms with Gasteiger partial charge in [0.2, 0.25) is 0 Å². The number of aromatic nitrogens is 6. The molecular formula is C56H63BrCl2N10O6. The molecule has 2 fully saturated rings. The van der Waals surface area contributed by atoms with Crippen molar-refractivity contribution in [2.75, 3.05) is 52.4 Å². The summed E-state index contributed by atoms with van der Waals surface area (Å²) in [6, 6.07) is 19.6. The quantitative estimate of drug-likeness (QED) is 0.163. The molecule has 10 rings (SSSR count). The highest BCUT2D eigenvalue weighted by atomic mass is 79.9. The first-order valence-electron chi connectivity index (χ1n) is 24.8. The van der Waals surface area contributed by atoms with E-state index in [2.05, 4.69) is 53.9 Å². The molecule has 0 radical (unpaired) electrons. The number of pyridine rings is 2. The zero-order valence-corrected chi connectivity index (χ0v) is 46.6. The Morgan fingerprint density at radius 2 is 1.13 bits per heavy atom. The average molecular weight is 1120 g/mol. The minimum atomic E-state index is -0.936. The number of hydrogen-bond acceptors (Lipinski definition) is 12. The van der Waals surface area contributed by atoms with Crippen LogP contribution < -0.4 is 0 Å². The van der Waals surface area contributed by atoms with Crippen LogP contribution in [0.2, 0.25) is 10.0 Å². The normalized spacial score (nSPS) is 18.1. The van der Waals surface area contributed by atoms with E-state index in [1.165, 1.54) is 0 Å². The van der Waals surface area contributed by atoms with Gasteiger partial charge in [-0.05, 0) is 129 Å². The number of piperazine rings is 2. The minimum absolute atomic E-state index is 0.0134. The standard InChI is InChI=1S/C28H32ClN5O3.C23H25BrClN3O2.C5H6N2O/c1-28(2,3)37-27(36)34-12-10-33(11-13-34)25-20-8-7-19(29)15-21(20)22(14-18-6-5-9-30-24(18)25)26(35)23-16-32(4)17-31-23;1-23(2,3)30-22(29)28-11-9-27(10-12-28)21-17-7-6-16(25)14-18(17)19(24)13-15-5-4-8-26-20(15)21;1-7-2-5(3-8)6-4-7/h5-9,14-17,25-26,35H,10-13H2,1-4H3;4-8,13-14,21H,9-12H2,1-3H3;2-4H,1H3/t25-,26?;21-;/m00./s1. The Labute approximate surface area is 456 Å². The number of aliphatic hydroxyl groups is 1. The van der Waals surface area contributed by atoms with Crippen LogP contribution in [-0.2, 0) is 23.6 Å². The lowest BCUT2D eigenvalue weighted by atomic mass is 9.91. The number of ether oxygens (including phenoxy) is 2. The topological polar surface area (TPSA) is 164 Å². The second-order valence-electron chi connectivity index (χ2n) is 20.8. The number of aliphatic hydroxyl groups excluding tert-OH is 1. The van der Waals surface area contributed by atoms with Gasteiger partial charge in [-0.2, -0.15) is 0 Å². The SMILES string of the molecule is CC(C)(C)OC(=O)N1CCN([C@H]2c3ccc(Cl)cc3C(Br)=Cc3cccnc32)CC1.Cn1cnc(C(O)C2=Cc3cccnc3[C@@H](N3CCN(C(=O)OC(C)(C)C)CC3)c3ccc(Cl)cc32)c1.Cn1cnc(C=O)c1. The molecule has 2 aliphatic carbocycles. The van der Waals surface area contributed by atoms with Gasteiger partial charge in [0.15, 0.2) is 6.29 Å². The van der Waals surface area contributed by atoms with Crippen molar-refractivity contribution < 1.29 is 29.0 Å². The number of fused-ring (bicyclic) bond motifs is 4. The first-order valence-corrected chi connectivity index (χ1v) is 26.3. The highest BCUT2D eigenvalue weighted by Gasteiger charge is 2.37. The number of hydrogen-bond donors (Lipinski definition) is 1. The summed E-state index contributed by atoms with van der Waals surface area (Å²) in [5.41, 5.74) is 8.77. The number of nitrogens with zero attached hydrogens (tertiary/aromatic N) is 10. The number of benzene rings is 2. The van der Waals surface area contributed by atoms with Crippen LogP contribution in [0.25, 0.3) is 22.2 Å². The van der Waals surface area contributed by atoms with Crippen molar-refractivity contribution in [3.8, 4) is 0 Å². The molecular weight excluding hydrogens is 1060 g/mol. The van der Waals surface area contributed by atoms with E-state index in [1.54, 1.807) is 39.4 Å². The summed E-state index contributed by atoms with van der Waals surface area (Å²) < 4.78 is 15.7. The van der Waals surface area contributed by atoms with Crippen molar-refractivity contribution in [1.29, 1.82) is 0 Å². The van der Waals surface area contributed by atoms with E-state index in [1.807, 2.05) is 127 Å². The molecule has 1 unspecified atom stereocenters. The van der Waals surface area contributed by atoms with E-state index in [0.717, 1.165) is 74.2 Å². The first kappa shape index (κ1) is 55.0. The zero-order chi connectivity index (χ0) is 53.8. The van der Waals surface area contributed by atoms with Crippen LogP contribution in [0.1, 0.15) is 121 Å². The third-order valence-corrected chi connectivity index (χ3v) is 14.0. The van der Waals surface area contributed by atoms with Gasteiger partial charge in [0, 0.05) is 106 Å². The van der Waals surface area contributed by atoms with Crippen LogP contribution in [0.3, 0.4) is 0 Å². The molecule has 16 nitrogen and oxygen atoms in total. The molecule has 2 aromatic carbocycles. The summed E-state index contributed by atoms with van der Waals surface area (Å²) in [5.74, 6) is 0. The van der Waals surface area contributed by atoms with Crippen LogP contribution >= 0.6 is 39.1 Å². The third kappa shape index (κ3) is 13.4. The van der Waals surface area contributed by atoms with Gasteiger partial charge in [-0.1, -0.05) is 63.4 Å². The molecule has 394 valence electrons. The van der Waals surface area contributed by atoms with Crippen molar-refractivity contribution in [3.05, 3.63) is 164 Å². The van der Waals surface area contributed by atoms with Crippen molar-refractivity contribution in [2.24, 2.45) is 14.1 Å². The molecule has 3 atom stereocenters. The predicted octanol–water partition coefficient (Wildman–Crippen LogP) is 10.5. The summed E-state index contributed by atoms with van der Waals surface area (Å²) in [4.78, 5) is 61.0. The van der Waals surface area contributed by atoms with Crippen LogP contribution in [-0.4, -0.2) is 136 Å². The van der Waals surface area contributed by atoms with Crippen LogP contribution in [0.4, 0.5) is 9.59 Å². The van der Waals surface area contributed by atoms with E-state index < -0.39 is 17.3 Å². The van der Waals surface area contributed by atoms with Gasteiger partial charge < -0.3 is 33.5 Å². The largest absolute Gasteiger partial charge is 0.444 e. The molecule has 2 saturated heterocycles. The molecule has 2 aliphatic heterocycles. The van der Waals surface area contributed by atoms with Crippen molar-refractivity contribution in [2.45, 2.75) is 70.9 Å². The van der Waals surface area contributed by atoms with E-state index >= 15 is 0 Å². The molecule has 6 aromatic rings. The molecule has 1 N–H and O–H groups in total. The number of carbonyl (C=O) groups is 3. The molecule has 0 saturated carbocycles. The van der Waals surface area contributed by atoms with Crippen LogP contribution in [0.5, 0.6) is 0 Å². The number of carbonyl (C=O) groups excluding carboxylic acids is 3. The van der Waals surface area contributed by atoms with E-state index in [9.17, 15) is 19.5 Å². The second-order valence-corrected chi connectivity index (χ2v) is 22.5. The maximum atomic E-state index is 12.7. The van der Waals surface area contributed by atoms with Crippen LogP contribution in [0.15, 0.2) is 98.1 Å². The van der Waals surface area contributed by atoms with Crippen molar-refractivity contribution in [3.63, 3.8) is 0 Å². The van der Waals surface area contributed by atoms with Gasteiger partial charge >= 0.3 is 12.2 Å². The van der Waals surface area contributed by atoms with Crippen LogP contribution in [0, 0.1) is 0 Å². The number of rotatable bonds is 5. The summed E-state index contributed by atoms with van der Waals surface area (Å²) in [7, 11) is 3.70. The van der Waals surface area contributed by atoms with E-state index in [4.69, 9.17) is 42.6 Å². The lowest BCUT2D eigenvalue weighted by Crippen LogP contribution is -2.51. The number of aldehydes is 1. The van der Waals surface area contributed by atoms with Crippen molar-refractivity contribution >= 4 is 79.8 Å². The van der Waals surface area contributed by atoms with Gasteiger partial charge in [-0.3, -0.25) is 24.6 Å². The lowest BCUT2D eigenvalue weighted by molar-refractivity contribution is 0.0109. The predicted molar refractivity (Wildman–Crippen MR) is 295 cm³/mol. The number of halogens is 3. The summed E-state index contributed by atoms with van der Waals surface area (Å²) in [5, 5.41) is 12.7. The monoisotopic (exact) mass is 1120 g/mol. The Morgan fingerprint density at radius 3 is 1.57 bits per heavy atom. The molecule has 75 heavy (non-hydrogen) atoms. The average Bonchev–Trinajstić information content (AvgIpc) is 3.95. The van der Waals surface area contributed by atoms with E-state index in [0.29, 0.717) is 60.7 Å². The Hall–Kier alpha value is -6.21. The van der Waals surface area contributed by atoms with Gasteiger partial charge in [-0.15, -0.1) is 0 Å². The molecule has 2 amide bonds. The first-order chi connectivity index (χ1) is 35.7. The minimum Gasteiger partial charge on any atom is -0.444 e. The van der Waals surface area contributed by atoms with Gasteiger partial charge in [-0.25, -0.2) is 19.6 Å². The Morgan fingerprint density at radius 1 is 0.667 bits per heavy atom. The molecule has 19 heteroatoms. The fourth-order valence-corrected chi connectivity index (χ4v) is 10.4. The maximum absolute atomic E-state index is 12.7. The molecule has 0 bridgehead atoms. The number of amides is 2. The summed E-state index contributed by atoms with van der Waals surface area (Å²) in [6.07, 6.45) is 13.7. The van der Waals surface area contributed by atoms with Gasteiger partial charge in [0.05, 0.1) is 41.8 Å². The number of aryl methyl sites for hydroxylation is 2. The highest BCUT2D eigenvalue weighted by Crippen LogP contribution is 2.45. The molecule has 0 spiro atoms. The lowest BCUT2D eigenvalue weighted by Gasteiger charge is -2.40. The molecule has 4 aliphatic rings. The smallest absolute Gasteiger partial charge is 0.410 e. The fourth-order valence-electron chi connectivity index (χ4n) is 9.48. The second kappa shape index (κ2) is 23.4. The Balaban J connectivity index is 0.000000176. The van der Waals surface area contributed by atoms with Crippen molar-refractivity contribution in [1.82, 2.24) is 48.7 Å². The zero-order valence-electron chi connectivity index (χ0n) is 43.5. The Bertz CT molecular complexity index is 3090. The fraction of sp³-hybridized carbons (Fsp3) is 0.375. The molecule has 6 heterocycles. The summed E-state index contributed by atoms with van der Waals surface area (Å²) >= 11 is 16.5. The van der Waals surface area contributed by atoms with E-state index in [-0.39, 0.29) is 24.3 Å².